The fourth-order valence-corrected chi connectivity index (χ4v) is 1.59. The molecule has 0 saturated heterocycles. The smallest absolute Gasteiger partial charge is 0.0942 e. The molecule has 0 atom stereocenters. The largest absolute Gasteiger partial charge is 0.293 e. The van der Waals surface area contributed by atoms with Gasteiger partial charge < -0.3 is 0 Å². The Hall–Kier alpha value is -0.760. The van der Waals surface area contributed by atoms with Crippen LogP contribution >= 0.6 is 11.8 Å². The van der Waals surface area contributed by atoms with Crippen molar-refractivity contribution in [2.75, 3.05) is 5.75 Å². The molecule has 2 heteroatoms. The van der Waals surface area contributed by atoms with Gasteiger partial charge in [0.05, 0.1) is 5.04 Å². The van der Waals surface area contributed by atoms with Crippen LogP contribution in [0.5, 0.6) is 0 Å². The van der Waals surface area contributed by atoms with Gasteiger partial charge in [-0.25, -0.2) is 0 Å². The van der Waals surface area contributed by atoms with Gasteiger partial charge in [0, 0.05) is 5.56 Å². The molecule has 12 heavy (non-hydrogen) atoms. The van der Waals surface area contributed by atoms with Crippen LogP contribution in [0.1, 0.15) is 18.9 Å². The highest BCUT2D eigenvalue weighted by molar-refractivity contribution is 8.14. The van der Waals surface area contributed by atoms with Gasteiger partial charge in [-0.15, -0.1) is 11.8 Å². The monoisotopic (exact) mass is 179 g/mol. The van der Waals surface area contributed by atoms with E-state index in [-0.39, 0.29) is 0 Å². The van der Waals surface area contributed by atoms with Crippen molar-refractivity contribution in [1.82, 2.24) is 0 Å². The van der Waals surface area contributed by atoms with E-state index >= 15 is 0 Å². The first-order valence-corrected chi connectivity index (χ1v) is 5.10. The fourth-order valence-electron chi connectivity index (χ4n) is 0.877. The normalized spacial score (nSPS) is 9.75. The van der Waals surface area contributed by atoms with E-state index in [2.05, 4.69) is 6.92 Å². The van der Waals surface area contributed by atoms with Crippen molar-refractivity contribution >= 4 is 16.8 Å². The number of hydrogen-bond donors (Lipinski definition) is 1. The standard InChI is InChI=1S/C10H13NS/c1-2-8-12-10(11)9-6-4-3-5-7-9/h3-7,11H,2,8H2,1H3. The SMILES string of the molecule is CCCSC(=N)c1ccccc1. The molecule has 0 aromatic heterocycles. The summed E-state index contributed by atoms with van der Waals surface area (Å²) >= 11 is 1.61. The van der Waals surface area contributed by atoms with E-state index in [1.54, 1.807) is 11.8 Å². The Morgan fingerprint density at radius 3 is 2.58 bits per heavy atom. The summed E-state index contributed by atoms with van der Waals surface area (Å²) in [4.78, 5) is 0. The van der Waals surface area contributed by atoms with Crippen LogP contribution in [0.15, 0.2) is 30.3 Å². The molecular formula is C10H13NS. The summed E-state index contributed by atoms with van der Waals surface area (Å²) < 4.78 is 0. The fraction of sp³-hybridized carbons (Fsp3) is 0.300. The zero-order valence-corrected chi connectivity index (χ0v) is 8.03. The van der Waals surface area contributed by atoms with Gasteiger partial charge in [0.15, 0.2) is 0 Å². The number of hydrogen-bond acceptors (Lipinski definition) is 2. The highest BCUT2D eigenvalue weighted by atomic mass is 32.2. The van der Waals surface area contributed by atoms with Crippen LogP contribution < -0.4 is 0 Å². The first-order chi connectivity index (χ1) is 5.84. The molecule has 1 aromatic carbocycles. The van der Waals surface area contributed by atoms with Gasteiger partial charge in [-0.3, -0.25) is 5.41 Å². The lowest BCUT2D eigenvalue weighted by Gasteiger charge is -2.00. The molecule has 1 rings (SSSR count). The quantitative estimate of drug-likeness (QED) is 0.559. The second kappa shape index (κ2) is 4.99. The minimum absolute atomic E-state index is 0.678. The van der Waals surface area contributed by atoms with Gasteiger partial charge in [-0.2, -0.15) is 0 Å². The highest BCUT2D eigenvalue weighted by Crippen LogP contribution is 2.12. The van der Waals surface area contributed by atoms with E-state index in [0.29, 0.717) is 5.04 Å². The lowest BCUT2D eigenvalue weighted by Crippen LogP contribution is -1.93. The van der Waals surface area contributed by atoms with Gasteiger partial charge >= 0.3 is 0 Å². The van der Waals surface area contributed by atoms with E-state index in [4.69, 9.17) is 5.41 Å². The van der Waals surface area contributed by atoms with Crippen LogP contribution in [0.4, 0.5) is 0 Å². The van der Waals surface area contributed by atoms with Crippen molar-refractivity contribution < 1.29 is 0 Å². The second-order valence-electron chi connectivity index (χ2n) is 2.54. The third kappa shape index (κ3) is 2.70. The van der Waals surface area contributed by atoms with Crippen LogP contribution in [-0.4, -0.2) is 10.8 Å². The maximum atomic E-state index is 7.70. The van der Waals surface area contributed by atoms with E-state index < -0.39 is 0 Å². The van der Waals surface area contributed by atoms with Crippen LogP contribution in [0.3, 0.4) is 0 Å². The first kappa shape index (κ1) is 9.33. The Balaban J connectivity index is 2.54. The molecule has 0 amide bonds. The summed E-state index contributed by atoms with van der Waals surface area (Å²) in [5.74, 6) is 1.04. The summed E-state index contributed by atoms with van der Waals surface area (Å²) in [6.07, 6.45) is 1.12. The zero-order valence-electron chi connectivity index (χ0n) is 7.21. The van der Waals surface area contributed by atoms with Crippen molar-refractivity contribution in [3.63, 3.8) is 0 Å². The van der Waals surface area contributed by atoms with E-state index in [9.17, 15) is 0 Å². The van der Waals surface area contributed by atoms with Gasteiger partial charge in [0.2, 0.25) is 0 Å². The van der Waals surface area contributed by atoms with Crippen molar-refractivity contribution in [3.05, 3.63) is 35.9 Å². The zero-order chi connectivity index (χ0) is 8.81. The predicted octanol–water partition coefficient (Wildman–Crippen LogP) is 3.16. The summed E-state index contributed by atoms with van der Waals surface area (Å²) in [6.45, 7) is 2.13. The molecule has 0 radical (unpaired) electrons. The van der Waals surface area contributed by atoms with Gasteiger partial charge in [0.1, 0.15) is 0 Å². The van der Waals surface area contributed by atoms with Crippen LogP contribution in [0.2, 0.25) is 0 Å². The molecule has 0 fully saturated rings. The maximum absolute atomic E-state index is 7.70. The number of rotatable bonds is 3. The minimum atomic E-state index is 0.678. The first-order valence-electron chi connectivity index (χ1n) is 4.11. The molecule has 0 spiro atoms. The molecule has 0 aliphatic heterocycles. The Labute approximate surface area is 77.7 Å². The molecule has 0 aliphatic carbocycles. The molecule has 0 bridgehead atoms. The summed E-state index contributed by atoms with van der Waals surface area (Å²) in [5.41, 5.74) is 1.02. The highest BCUT2D eigenvalue weighted by Gasteiger charge is 1.98. The van der Waals surface area contributed by atoms with Crippen molar-refractivity contribution in [2.24, 2.45) is 0 Å². The van der Waals surface area contributed by atoms with Crippen molar-refractivity contribution in [1.29, 1.82) is 5.41 Å². The molecular weight excluding hydrogens is 166 g/mol. The topological polar surface area (TPSA) is 23.9 Å². The van der Waals surface area contributed by atoms with Gasteiger partial charge in [0.25, 0.3) is 0 Å². The van der Waals surface area contributed by atoms with E-state index in [0.717, 1.165) is 17.7 Å². The number of benzene rings is 1. The van der Waals surface area contributed by atoms with E-state index in [1.165, 1.54) is 0 Å². The van der Waals surface area contributed by atoms with Crippen LogP contribution in [0.25, 0.3) is 0 Å². The number of thioether (sulfide) groups is 1. The molecule has 0 aliphatic rings. The number of nitrogens with one attached hydrogen (secondary N) is 1. The van der Waals surface area contributed by atoms with Gasteiger partial charge in [-0.05, 0) is 12.2 Å². The second-order valence-corrected chi connectivity index (χ2v) is 3.65. The van der Waals surface area contributed by atoms with Crippen molar-refractivity contribution in [2.45, 2.75) is 13.3 Å². The lowest BCUT2D eigenvalue weighted by atomic mass is 10.2. The average molecular weight is 179 g/mol. The summed E-state index contributed by atoms with van der Waals surface area (Å²) in [6, 6.07) is 9.87. The Kier molecular flexibility index (Phi) is 3.88. The van der Waals surface area contributed by atoms with Crippen molar-refractivity contribution in [3.8, 4) is 0 Å². The minimum Gasteiger partial charge on any atom is -0.293 e. The lowest BCUT2D eigenvalue weighted by molar-refractivity contribution is 1.11. The molecule has 1 N–H and O–H groups in total. The average Bonchev–Trinajstić information content (AvgIpc) is 2.15. The molecule has 64 valence electrons. The third-order valence-corrected chi connectivity index (χ3v) is 2.62. The van der Waals surface area contributed by atoms with Crippen LogP contribution in [0, 0.1) is 5.41 Å². The van der Waals surface area contributed by atoms with Gasteiger partial charge in [-0.1, -0.05) is 37.3 Å². The Morgan fingerprint density at radius 2 is 2.00 bits per heavy atom. The molecule has 1 aromatic rings. The summed E-state index contributed by atoms with van der Waals surface area (Å²) in [5, 5.41) is 8.37. The Bertz CT molecular complexity index is 243. The van der Waals surface area contributed by atoms with Crippen LogP contribution in [-0.2, 0) is 0 Å². The molecule has 0 unspecified atom stereocenters. The molecule has 1 nitrogen and oxygen atoms in total. The summed E-state index contributed by atoms with van der Waals surface area (Å²) in [7, 11) is 0. The third-order valence-electron chi connectivity index (χ3n) is 1.49. The molecule has 0 saturated carbocycles. The predicted molar refractivity (Wildman–Crippen MR) is 56.0 cm³/mol. The molecule has 0 heterocycles. The maximum Gasteiger partial charge on any atom is 0.0942 e. The Morgan fingerprint density at radius 1 is 1.33 bits per heavy atom. The van der Waals surface area contributed by atoms with E-state index in [1.807, 2.05) is 30.3 Å².